The van der Waals surface area contributed by atoms with Crippen molar-refractivity contribution in [2.75, 3.05) is 17.2 Å². The fourth-order valence-electron chi connectivity index (χ4n) is 1.35. The van der Waals surface area contributed by atoms with Crippen molar-refractivity contribution in [2.24, 2.45) is 0 Å². The third-order valence-corrected chi connectivity index (χ3v) is 2.66. The molecular formula is C10H14BrN5. The number of hydrogen-bond acceptors (Lipinski definition) is 5. The van der Waals surface area contributed by atoms with Crippen LogP contribution in [-0.2, 0) is 0 Å². The summed E-state index contributed by atoms with van der Waals surface area (Å²) in [4.78, 5) is 10.1. The molecule has 1 heterocycles. The number of nitrogen functional groups attached to an aromatic ring is 1. The minimum atomic E-state index is 0.237. The molecule has 0 atom stereocenters. The highest BCUT2D eigenvalue weighted by Gasteiger charge is 2.15. The molecule has 0 saturated heterocycles. The lowest BCUT2D eigenvalue weighted by Crippen LogP contribution is -2.33. The summed E-state index contributed by atoms with van der Waals surface area (Å²) in [5.41, 5.74) is 5.56. The van der Waals surface area contributed by atoms with Crippen molar-refractivity contribution in [2.45, 2.75) is 26.3 Å². The summed E-state index contributed by atoms with van der Waals surface area (Å²) in [5, 5.41) is 8.62. The summed E-state index contributed by atoms with van der Waals surface area (Å²) in [5.74, 6) is 0.971. The van der Waals surface area contributed by atoms with Crippen LogP contribution >= 0.6 is 15.9 Å². The number of nitriles is 1. The Kier molecular flexibility index (Phi) is 4.50. The summed E-state index contributed by atoms with van der Waals surface area (Å²) < 4.78 is 0.785. The molecule has 2 N–H and O–H groups in total. The Hall–Kier alpha value is -1.35. The first-order valence-electron chi connectivity index (χ1n) is 4.98. The van der Waals surface area contributed by atoms with Gasteiger partial charge in [0.2, 0.25) is 5.95 Å². The zero-order chi connectivity index (χ0) is 12.1. The van der Waals surface area contributed by atoms with E-state index in [1.54, 1.807) is 6.20 Å². The van der Waals surface area contributed by atoms with Gasteiger partial charge in [-0.15, -0.1) is 0 Å². The van der Waals surface area contributed by atoms with Crippen LogP contribution in [0.5, 0.6) is 0 Å². The van der Waals surface area contributed by atoms with Crippen LogP contribution in [0.3, 0.4) is 0 Å². The van der Waals surface area contributed by atoms with E-state index in [1.165, 1.54) is 0 Å². The van der Waals surface area contributed by atoms with Crippen molar-refractivity contribution >= 4 is 27.7 Å². The molecule has 0 aliphatic heterocycles. The first-order chi connectivity index (χ1) is 7.56. The van der Waals surface area contributed by atoms with Crippen molar-refractivity contribution in [3.05, 3.63) is 10.7 Å². The third-order valence-electron chi connectivity index (χ3n) is 2.10. The lowest BCUT2D eigenvalue weighted by Gasteiger charge is -2.27. The van der Waals surface area contributed by atoms with Crippen molar-refractivity contribution in [1.29, 1.82) is 5.26 Å². The van der Waals surface area contributed by atoms with E-state index in [0.717, 1.165) is 10.3 Å². The normalized spacial score (nSPS) is 10.2. The number of hydrogen-bond donors (Lipinski definition) is 1. The van der Waals surface area contributed by atoms with Gasteiger partial charge in [-0.05, 0) is 29.8 Å². The number of aromatic nitrogens is 2. The summed E-state index contributed by atoms with van der Waals surface area (Å²) in [7, 11) is 0. The second-order valence-corrected chi connectivity index (χ2v) is 4.45. The maximum Gasteiger partial charge on any atom is 0.222 e. The number of nitrogens with two attached hydrogens (primary N) is 1. The highest BCUT2D eigenvalue weighted by molar-refractivity contribution is 9.10. The zero-order valence-corrected chi connectivity index (χ0v) is 10.9. The van der Waals surface area contributed by atoms with E-state index >= 15 is 0 Å². The number of halogens is 1. The first-order valence-corrected chi connectivity index (χ1v) is 5.77. The second-order valence-electron chi connectivity index (χ2n) is 3.60. The van der Waals surface area contributed by atoms with Gasteiger partial charge >= 0.3 is 0 Å². The minimum Gasteiger partial charge on any atom is -0.368 e. The molecule has 1 aromatic rings. The maximum atomic E-state index is 8.62. The van der Waals surface area contributed by atoms with Crippen LogP contribution in [0.15, 0.2) is 10.7 Å². The molecule has 0 aliphatic rings. The first kappa shape index (κ1) is 12.7. The van der Waals surface area contributed by atoms with Crippen molar-refractivity contribution < 1.29 is 0 Å². The maximum absolute atomic E-state index is 8.62. The highest BCUT2D eigenvalue weighted by Crippen LogP contribution is 2.25. The zero-order valence-electron chi connectivity index (χ0n) is 9.31. The number of nitrogens with zero attached hydrogens (tertiary/aromatic N) is 4. The Bertz CT molecular complexity index is 399. The average Bonchev–Trinajstić information content (AvgIpc) is 2.23. The lowest BCUT2D eigenvalue weighted by atomic mass is 10.3. The van der Waals surface area contributed by atoms with Gasteiger partial charge in [-0.2, -0.15) is 10.2 Å². The van der Waals surface area contributed by atoms with Crippen LogP contribution in [0.4, 0.5) is 11.8 Å². The molecule has 0 amide bonds. The van der Waals surface area contributed by atoms with Gasteiger partial charge in [-0.3, -0.25) is 0 Å². The predicted molar refractivity (Wildman–Crippen MR) is 66.9 cm³/mol. The molecule has 6 heteroatoms. The van der Waals surface area contributed by atoms with Crippen LogP contribution in [0.2, 0.25) is 0 Å². The molecule has 0 aliphatic carbocycles. The summed E-state index contributed by atoms with van der Waals surface area (Å²) in [6.07, 6.45) is 2.08. The molecule has 0 unspecified atom stereocenters. The summed E-state index contributed by atoms with van der Waals surface area (Å²) in [6, 6.07) is 2.37. The molecule has 1 aromatic heterocycles. The van der Waals surface area contributed by atoms with Crippen molar-refractivity contribution in [3.8, 4) is 6.07 Å². The van der Waals surface area contributed by atoms with Gasteiger partial charge < -0.3 is 10.6 Å². The Labute approximate surface area is 103 Å². The van der Waals surface area contributed by atoms with E-state index in [4.69, 9.17) is 11.0 Å². The number of rotatable bonds is 4. The van der Waals surface area contributed by atoms with Gasteiger partial charge in [0.15, 0.2) is 0 Å². The number of anilines is 2. The average molecular weight is 284 g/mol. The molecule has 0 bridgehead atoms. The van der Waals surface area contributed by atoms with E-state index in [9.17, 15) is 0 Å². The topological polar surface area (TPSA) is 78.8 Å². The molecule has 86 valence electrons. The van der Waals surface area contributed by atoms with Crippen LogP contribution in [-0.4, -0.2) is 22.6 Å². The van der Waals surface area contributed by atoms with Gasteiger partial charge in [-0.1, -0.05) is 0 Å². The van der Waals surface area contributed by atoms with Crippen molar-refractivity contribution in [3.63, 3.8) is 0 Å². The predicted octanol–water partition coefficient (Wildman–Crippen LogP) is 1.95. The Morgan fingerprint density at radius 1 is 1.62 bits per heavy atom. The Morgan fingerprint density at radius 2 is 2.31 bits per heavy atom. The SMILES string of the molecule is CC(C)N(CCC#N)c1nc(N)ncc1Br. The lowest BCUT2D eigenvalue weighted by molar-refractivity contribution is 0.674. The van der Waals surface area contributed by atoms with Crippen LogP contribution in [0, 0.1) is 11.3 Å². The van der Waals surface area contributed by atoms with Gasteiger partial charge in [0.25, 0.3) is 0 Å². The standard InChI is InChI=1S/C10H14BrN5/c1-7(2)16(5-3-4-12)9-8(11)6-14-10(13)15-9/h6-7H,3,5H2,1-2H3,(H2,13,14,15). The molecular weight excluding hydrogens is 270 g/mol. The summed E-state index contributed by atoms with van der Waals surface area (Å²) >= 11 is 3.39. The second kappa shape index (κ2) is 5.66. The third kappa shape index (κ3) is 3.07. The molecule has 1 rings (SSSR count). The monoisotopic (exact) mass is 283 g/mol. The van der Waals surface area contributed by atoms with E-state index in [0.29, 0.717) is 13.0 Å². The van der Waals surface area contributed by atoms with E-state index < -0.39 is 0 Å². The largest absolute Gasteiger partial charge is 0.368 e. The molecule has 16 heavy (non-hydrogen) atoms. The Balaban J connectivity index is 3.01. The fourth-order valence-corrected chi connectivity index (χ4v) is 1.77. The molecule has 0 aromatic carbocycles. The summed E-state index contributed by atoms with van der Waals surface area (Å²) in [6.45, 7) is 4.72. The molecule has 0 spiro atoms. The quantitative estimate of drug-likeness (QED) is 0.914. The fraction of sp³-hybridized carbons (Fsp3) is 0.500. The van der Waals surface area contributed by atoms with Gasteiger partial charge in [-0.25, -0.2) is 4.98 Å². The van der Waals surface area contributed by atoms with Crippen LogP contribution in [0.1, 0.15) is 20.3 Å². The molecule has 0 fully saturated rings. The van der Waals surface area contributed by atoms with E-state index in [2.05, 4.69) is 32.0 Å². The van der Waals surface area contributed by atoms with Gasteiger partial charge in [0.1, 0.15) is 5.82 Å². The minimum absolute atomic E-state index is 0.237. The Morgan fingerprint density at radius 3 is 2.88 bits per heavy atom. The highest BCUT2D eigenvalue weighted by atomic mass is 79.9. The van der Waals surface area contributed by atoms with E-state index in [-0.39, 0.29) is 12.0 Å². The molecule has 5 nitrogen and oxygen atoms in total. The van der Waals surface area contributed by atoms with Crippen LogP contribution in [0.25, 0.3) is 0 Å². The van der Waals surface area contributed by atoms with Gasteiger partial charge in [0, 0.05) is 18.8 Å². The molecule has 0 radical (unpaired) electrons. The molecule has 0 saturated carbocycles. The van der Waals surface area contributed by atoms with Crippen molar-refractivity contribution in [1.82, 2.24) is 9.97 Å². The van der Waals surface area contributed by atoms with Crippen LogP contribution < -0.4 is 10.6 Å². The van der Waals surface area contributed by atoms with Gasteiger partial charge in [0.05, 0.1) is 17.0 Å². The van der Waals surface area contributed by atoms with E-state index in [1.807, 2.05) is 18.7 Å². The smallest absolute Gasteiger partial charge is 0.222 e.